The molecule has 1 saturated carbocycles. The van der Waals surface area contributed by atoms with Gasteiger partial charge in [0.1, 0.15) is 6.04 Å². The zero-order valence-electron chi connectivity index (χ0n) is 9.89. The highest BCUT2D eigenvalue weighted by molar-refractivity contribution is 5.76. The Balaban J connectivity index is 1.55. The molecule has 2 unspecified atom stereocenters. The summed E-state index contributed by atoms with van der Waals surface area (Å²) >= 11 is 0. The summed E-state index contributed by atoms with van der Waals surface area (Å²) in [6.45, 7) is 3.46. The van der Waals surface area contributed by atoms with Gasteiger partial charge < -0.3 is 4.74 Å². The van der Waals surface area contributed by atoms with Crippen LogP contribution in [0.15, 0.2) is 0 Å². The zero-order valence-corrected chi connectivity index (χ0v) is 9.89. The minimum atomic E-state index is -0.0453. The van der Waals surface area contributed by atoms with Crippen molar-refractivity contribution in [3.63, 3.8) is 0 Å². The van der Waals surface area contributed by atoms with Crippen LogP contribution < -0.4 is 0 Å². The number of methoxy groups -OCH3 is 1. The first-order valence-corrected chi connectivity index (χ1v) is 6.37. The van der Waals surface area contributed by atoms with Crippen molar-refractivity contribution in [3.8, 4) is 0 Å². The molecule has 3 rings (SSSR count). The number of carbonyl (C=O) groups is 1. The standard InChI is InChI=1S/C12H20N2O2/c1-16-12(15)11-5-7-14(11)10-4-6-13(8-10)9-2-3-9/h9-11H,2-8H2,1H3. The summed E-state index contributed by atoms with van der Waals surface area (Å²) in [6.07, 6.45) is 4.97. The first kappa shape index (κ1) is 10.5. The number of likely N-dealkylation sites (tertiary alicyclic amines) is 2. The number of esters is 1. The summed E-state index contributed by atoms with van der Waals surface area (Å²) < 4.78 is 4.84. The van der Waals surface area contributed by atoms with Crippen LogP contribution in [0.1, 0.15) is 25.7 Å². The Hall–Kier alpha value is -0.610. The third-order valence-electron chi connectivity index (χ3n) is 4.26. The van der Waals surface area contributed by atoms with Crippen molar-refractivity contribution >= 4 is 5.97 Å². The Morgan fingerprint density at radius 1 is 1.12 bits per heavy atom. The van der Waals surface area contributed by atoms with Crippen molar-refractivity contribution in [1.29, 1.82) is 0 Å². The van der Waals surface area contributed by atoms with Gasteiger partial charge in [-0.25, -0.2) is 0 Å². The minimum absolute atomic E-state index is 0.0453. The van der Waals surface area contributed by atoms with Crippen LogP contribution in [0.5, 0.6) is 0 Å². The van der Waals surface area contributed by atoms with Crippen LogP contribution in [0.4, 0.5) is 0 Å². The van der Waals surface area contributed by atoms with Crippen LogP contribution in [-0.2, 0) is 9.53 Å². The Morgan fingerprint density at radius 2 is 1.94 bits per heavy atom. The minimum Gasteiger partial charge on any atom is -0.468 e. The maximum atomic E-state index is 11.5. The predicted octanol–water partition coefficient (Wildman–Crippen LogP) is 0.470. The van der Waals surface area contributed by atoms with Crippen LogP contribution in [0.3, 0.4) is 0 Å². The van der Waals surface area contributed by atoms with E-state index in [1.54, 1.807) is 0 Å². The molecule has 0 spiro atoms. The molecule has 0 aromatic carbocycles. The van der Waals surface area contributed by atoms with E-state index in [-0.39, 0.29) is 12.0 Å². The van der Waals surface area contributed by atoms with Crippen LogP contribution >= 0.6 is 0 Å². The molecule has 0 bridgehead atoms. The lowest BCUT2D eigenvalue weighted by molar-refractivity contribution is -0.153. The number of carbonyl (C=O) groups excluding carboxylic acids is 1. The molecule has 3 aliphatic rings. The van der Waals surface area contributed by atoms with E-state index in [2.05, 4.69) is 9.80 Å². The fourth-order valence-corrected chi connectivity index (χ4v) is 3.04. The normalized spacial score (nSPS) is 36.1. The van der Waals surface area contributed by atoms with Crippen LogP contribution in [0, 0.1) is 0 Å². The molecular weight excluding hydrogens is 204 g/mol. The van der Waals surface area contributed by atoms with Crippen molar-refractivity contribution in [2.24, 2.45) is 0 Å². The molecule has 2 heterocycles. The summed E-state index contributed by atoms with van der Waals surface area (Å²) in [6, 6.07) is 1.51. The maximum absolute atomic E-state index is 11.5. The number of hydrogen-bond donors (Lipinski definition) is 0. The third kappa shape index (κ3) is 1.74. The molecule has 4 heteroatoms. The zero-order chi connectivity index (χ0) is 11.1. The van der Waals surface area contributed by atoms with Gasteiger partial charge >= 0.3 is 5.97 Å². The number of nitrogens with zero attached hydrogens (tertiary/aromatic N) is 2. The van der Waals surface area contributed by atoms with Gasteiger partial charge in [-0.1, -0.05) is 0 Å². The molecule has 3 fully saturated rings. The Morgan fingerprint density at radius 3 is 2.50 bits per heavy atom. The SMILES string of the molecule is COC(=O)C1CCN1C1CCN(C2CC2)C1. The van der Waals surface area contributed by atoms with E-state index in [1.807, 2.05) is 0 Å². The average molecular weight is 224 g/mol. The average Bonchev–Trinajstić information content (AvgIpc) is 2.98. The van der Waals surface area contributed by atoms with Crippen LogP contribution in [0.2, 0.25) is 0 Å². The van der Waals surface area contributed by atoms with Gasteiger partial charge in [-0.05, 0) is 25.7 Å². The summed E-state index contributed by atoms with van der Waals surface area (Å²) in [5.41, 5.74) is 0. The molecule has 0 amide bonds. The second-order valence-corrected chi connectivity index (χ2v) is 5.23. The number of ether oxygens (including phenoxy) is 1. The van der Waals surface area contributed by atoms with Gasteiger partial charge in [0, 0.05) is 31.7 Å². The topological polar surface area (TPSA) is 32.8 Å². The largest absolute Gasteiger partial charge is 0.468 e. The van der Waals surface area contributed by atoms with E-state index in [9.17, 15) is 4.79 Å². The van der Waals surface area contributed by atoms with Crippen molar-refractivity contribution in [2.75, 3.05) is 26.7 Å². The van der Waals surface area contributed by atoms with Gasteiger partial charge in [-0.15, -0.1) is 0 Å². The van der Waals surface area contributed by atoms with Gasteiger partial charge in [0.15, 0.2) is 0 Å². The molecule has 0 radical (unpaired) electrons. The number of rotatable bonds is 3. The van der Waals surface area contributed by atoms with Gasteiger partial charge in [0.25, 0.3) is 0 Å². The lowest BCUT2D eigenvalue weighted by atomic mass is 9.99. The first-order valence-electron chi connectivity index (χ1n) is 6.37. The fraction of sp³-hybridized carbons (Fsp3) is 0.917. The van der Waals surface area contributed by atoms with E-state index in [4.69, 9.17) is 4.74 Å². The quantitative estimate of drug-likeness (QED) is 0.652. The van der Waals surface area contributed by atoms with Crippen LogP contribution in [0.25, 0.3) is 0 Å². The Kier molecular flexibility index (Phi) is 2.64. The summed E-state index contributed by atoms with van der Waals surface area (Å²) in [7, 11) is 1.49. The van der Waals surface area contributed by atoms with Crippen molar-refractivity contribution in [3.05, 3.63) is 0 Å². The van der Waals surface area contributed by atoms with Gasteiger partial charge in [-0.2, -0.15) is 0 Å². The van der Waals surface area contributed by atoms with Crippen molar-refractivity contribution in [1.82, 2.24) is 9.80 Å². The molecule has 0 N–H and O–H groups in total. The summed E-state index contributed by atoms with van der Waals surface area (Å²) in [5, 5.41) is 0. The monoisotopic (exact) mass is 224 g/mol. The molecule has 0 aromatic rings. The lowest BCUT2D eigenvalue weighted by Gasteiger charge is -2.42. The number of hydrogen-bond acceptors (Lipinski definition) is 4. The van der Waals surface area contributed by atoms with Crippen molar-refractivity contribution in [2.45, 2.75) is 43.8 Å². The Labute approximate surface area is 96.5 Å². The molecule has 2 atom stereocenters. The first-order chi connectivity index (χ1) is 7.79. The van der Waals surface area contributed by atoms with Gasteiger partial charge in [0.2, 0.25) is 0 Å². The van der Waals surface area contributed by atoms with E-state index in [0.29, 0.717) is 6.04 Å². The van der Waals surface area contributed by atoms with Crippen LogP contribution in [-0.4, -0.2) is 60.6 Å². The highest BCUT2D eigenvalue weighted by atomic mass is 16.5. The molecule has 1 aliphatic carbocycles. The molecule has 4 nitrogen and oxygen atoms in total. The predicted molar refractivity (Wildman–Crippen MR) is 60.1 cm³/mol. The molecule has 2 aliphatic heterocycles. The Bertz CT molecular complexity index is 291. The molecule has 90 valence electrons. The summed E-state index contributed by atoms with van der Waals surface area (Å²) in [5.74, 6) is -0.0453. The highest BCUT2D eigenvalue weighted by Gasteiger charge is 2.43. The second kappa shape index (κ2) is 4.00. The highest BCUT2D eigenvalue weighted by Crippen LogP contribution is 2.33. The van der Waals surface area contributed by atoms with Gasteiger partial charge in [-0.3, -0.25) is 14.6 Å². The van der Waals surface area contributed by atoms with E-state index in [1.165, 1.54) is 32.9 Å². The lowest BCUT2D eigenvalue weighted by Crippen LogP contribution is -2.57. The second-order valence-electron chi connectivity index (χ2n) is 5.23. The molecular formula is C12H20N2O2. The molecule has 2 saturated heterocycles. The van der Waals surface area contributed by atoms with E-state index < -0.39 is 0 Å². The van der Waals surface area contributed by atoms with E-state index >= 15 is 0 Å². The summed E-state index contributed by atoms with van der Waals surface area (Å²) in [4.78, 5) is 16.4. The smallest absolute Gasteiger partial charge is 0.323 e. The maximum Gasteiger partial charge on any atom is 0.323 e. The van der Waals surface area contributed by atoms with Gasteiger partial charge in [0.05, 0.1) is 7.11 Å². The molecule has 16 heavy (non-hydrogen) atoms. The fourth-order valence-electron chi connectivity index (χ4n) is 3.04. The third-order valence-corrected chi connectivity index (χ3v) is 4.26. The van der Waals surface area contributed by atoms with Crippen molar-refractivity contribution < 1.29 is 9.53 Å². The van der Waals surface area contributed by atoms with E-state index in [0.717, 1.165) is 25.6 Å². The molecule has 0 aromatic heterocycles.